The summed E-state index contributed by atoms with van der Waals surface area (Å²) in [7, 11) is 0. The fourth-order valence-corrected chi connectivity index (χ4v) is 2.74. The maximum Gasteiger partial charge on any atom is 0.335 e. The van der Waals surface area contributed by atoms with Crippen LogP contribution in [-0.4, -0.2) is 53.5 Å². The zero-order valence-corrected chi connectivity index (χ0v) is 13.0. The molecule has 2 amide bonds. The van der Waals surface area contributed by atoms with Crippen LogP contribution in [0.3, 0.4) is 0 Å². The van der Waals surface area contributed by atoms with Crippen molar-refractivity contribution < 1.29 is 19.5 Å². The third-order valence-electron chi connectivity index (χ3n) is 3.67. The summed E-state index contributed by atoms with van der Waals surface area (Å²) in [5, 5.41) is 14.5. The summed E-state index contributed by atoms with van der Waals surface area (Å²) in [5.74, 6) is -1.29. The Bertz CT molecular complexity index is 603. The third kappa shape index (κ3) is 5.37. The van der Waals surface area contributed by atoms with Gasteiger partial charge in [-0.3, -0.25) is 14.5 Å². The number of piperidine rings is 1. The number of nitrogens with zero attached hydrogens (tertiary/aromatic N) is 1. The Morgan fingerprint density at radius 1 is 1.35 bits per heavy atom. The van der Waals surface area contributed by atoms with Crippen molar-refractivity contribution in [3.8, 4) is 0 Å². The molecule has 1 atom stereocenters. The summed E-state index contributed by atoms with van der Waals surface area (Å²) in [6.07, 6.45) is 1.84. The normalized spacial score (nSPS) is 18.2. The number of aromatic carboxylic acids is 1. The first-order chi connectivity index (χ1) is 10.9. The molecule has 1 aromatic rings. The van der Waals surface area contributed by atoms with E-state index in [-0.39, 0.29) is 30.0 Å². The molecule has 0 radical (unpaired) electrons. The van der Waals surface area contributed by atoms with Crippen molar-refractivity contribution in [3.05, 3.63) is 29.8 Å². The Labute approximate surface area is 134 Å². The molecule has 23 heavy (non-hydrogen) atoms. The van der Waals surface area contributed by atoms with Gasteiger partial charge in [-0.1, -0.05) is 6.07 Å². The summed E-state index contributed by atoms with van der Waals surface area (Å²) in [6.45, 7) is 3.15. The maximum atomic E-state index is 12.1. The molecule has 1 aliphatic heterocycles. The van der Waals surface area contributed by atoms with Crippen molar-refractivity contribution in [1.82, 2.24) is 10.2 Å². The Hall–Kier alpha value is -2.41. The molecule has 7 nitrogen and oxygen atoms in total. The number of carbonyl (C=O) groups is 3. The number of hydrogen-bond donors (Lipinski definition) is 3. The minimum absolute atomic E-state index is 0.0632. The van der Waals surface area contributed by atoms with E-state index in [0.29, 0.717) is 12.2 Å². The number of carboxylic acids is 1. The lowest BCUT2D eigenvalue weighted by Crippen LogP contribution is -2.49. The van der Waals surface area contributed by atoms with Crippen molar-refractivity contribution >= 4 is 23.5 Å². The molecule has 1 saturated heterocycles. The molecule has 0 bridgehead atoms. The van der Waals surface area contributed by atoms with Crippen molar-refractivity contribution in [1.29, 1.82) is 0 Å². The van der Waals surface area contributed by atoms with Crippen LogP contribution < -0.4 is 10.6 Å². The van der Waals surface area contributed by atoms with Crippen LogP contribution in [0.25, 0.3) is 0 Å². The molecule has 3 N–H and O–H groups in total. The highest BCUT2D eigenvalue weighted by Gasteiger charge is 2.22. The smallest absolute Gasteiger partial charge is 0.335 e. The van der Waals surface area contributed by atoms with E-state index in [9.17, 15) is 14.4 Å². The summed E-state index contributed by atoms with van der Waals surface area (Å²) in [4.78, 5) is 36.1. The number of likely N-dealkylation sites (tertiary alicyclic amines) is 1. The molecule has 1 fully saturated rings. The number of benzene rings is 1. The van der Waals surface area contributed by atoms with Gasteiger partial charge in [0, 0.05) is 25.2 Å². The zero-order valence-electron chi connectivity index (χ0n) is 13.0. The van der Waals surface area contributed by atoms with Gasteiger partial charge in [-0.2, -0.15) is 0 Å². The number of amides is 2. The van der Waals surface area contributed by atoms with Gasteiger partial charge in [0.25, 0.3) is 0 Å². The van der Waals surface area contributed by atoms with E-state index in [1.165, 1.54) is 19.1 Å². The molecule has 1 aromatic carbocycles. The molecule has 2 rings (SSSR count). The number of carbonyl (C=O) groups excluding carboxylic acids is 2. The van der Waals surface area contributed by atoms with Gasteiger partial charge in [-0.15, -0.1) is 0 Å². The first-order valence-electron chi connectivity index (χ1n) is 7.56. The largest absolute Gasteiger partial charge is 0.478 e. The van der Waals surface area contributed by atoms with Crippen LogP contribution in [0.4, 0.5) is 5.69 Å². The van der Waals surface area contributed by atoms with Crippen LogP contribution in [0.15, 0.2) is 24.3 Å². The maximum absolute atomic E-state index is 12.1. The lowest BCUT2D eigenvalue weighted by atomic mass is 10.1. The van der Waals surface area contributed by atoms with Crippen LogP contribution in [0.2, 0.25) is 0 Å². The van der Waals surface area contributed by atoms with Crippen LogP contribution in [-0.2, 0) is 9.59 Å². The molecule has 1 aliphatic rings. The number of rotatable bonds is 5. The number of anilines is 1. The molecule has 7 heteroatoms. The predicted octanol–water partition coefficient (Wildman–Crippen LogP) is 0.924. The molecule has 1 heterocycles. The van der Waals surface area contributed by atoms with Crippen LogP contribution in [0.5, 0.6) is 0 Å². The van der Waals surface area contributed by atoms with Gasteiger partial charge in [0.1, 0.15) is 0 Å². The highest BCUT2D eigenvalue weighted by atomic mass is 16.4. The monoisotopic (exact) mass is 319 g/mol. The van der Waals surface area contributed by atoms with E-state index in [4.69, 9.17) is 5.11 Å². The van der Waals surface area contributed by atoms with Crippen molar-refractivity contribution in [2.45, 2.75) is 25.8 Å². The average Bonchev–Trinajstić information content (AvgIpc) is 2.47. The zero-order chi connectivity index (χ0) is 16.8. The molecular weight excluding hydrogens is 298 g/mol. The fraction of sp³-hybridized carbons (Fsp3) is 0.438. The fourth-order valence-electron chi connectivity index (χ4n) is 2.74. The second-order valence-corrected chi connectivity index (χ2v) is 5.71. The number of nitrogens with one attached hydrogen (secondary N) is 2. The highest BCUT2D eigenvalue weighted by molar-refractivity contribution is 5.94. The lowest BCUT2D eigenvalue weighted by Gasteiger charge is -2.32. The number of hydrogen-bond acceptors (Lipinski definition) is 4. The van der Waals surface area contributed by atoms with E-state index in [0.717, 1.165) is 19.4 Å². The SMILES string of the molecule is CC(=O)N[C@@H]1CCCN(CC(=O)Nc2cccc(C(=O)O)c2)C1. The Balaban J connectivity index is 1.88. The quantitative estimate of drug-likeness (QED) is 0.750. The lowest BCUT2D eigenvalue weighted by molar-refractivity contribution is -0.120. The summed E-state index contributed by atoms with van der Waals surface area (Å²) < 4.78 is 0. The van der Waals surface area contributed by atoms with Crippen molar-refractivity contribution in [2.75, 3.05) is 25.0 Å². The second kappa shape index (κ2) is 7.73. The molecule has 0 aromatic heterocycles. The second-order valence-electron chi connectivity index (χ2n) is 5.71. The third-order valence-corrected chi connectivity index (χ3v) is 3.67. The molecule has 0 unspecified atom stereocenters. The summed E-state index contributed by atoms with van der Waals surface area (Å²) in [6, 6.07) is 6.22. The van der Waals surface area contributed by atoms with Gasteiger partial charge in [-0.05, 0) is 37.6 Å². The van der Waals surface area contributed by atoms with E-state index >= 15 is 0 Å². The van der Waals surface area contributed by atoms with Gasteiger partial charge in [0.05, 0.1) is 12.1 Å². The molecular formula is C16H21N3O4. The van der Waals surface area contributed by atoms with Gasteiger partial charge in [0.15, 0.2) is 0 Å². The molecule has 0 saturated carbocycles. The van der Waals surface area contributed by atoms with E-state index in [2.05, 4.69) is 10.6 Å². The van der Waals surface area contributed by atoms with Gasteiger partial charge < -0.3 is 15.7 Å². The van der Waals surface area contributed by atoms with Gasteiger partial charge in [-0.25, -0.2) is 4.79 Å². The van der Waals surface area contributed by atoms with Crippen LogP contribution in [0.1, 0.15) is 30.1 Å². The summed E-state index contributed by atoms with van der Waals surface area (Å²) in [5.41, 5.74) is 0.594. The van der Waals surface area contributed by atoms with E-state index < -0.39 is 5.97 Å². The Morgan fingerprint density at radius 2 is 2.13 bits per heavy atom. The average molecular weight is 319 g/mol. The van der Waals surface area contributed by atoms with E-state index in [1.54, 1.807) is 12.1 Å². The number of carboxylic acid groups (broad SMARTS) is 1. The summed E-state index contributed by atoms with van der Waals surface area (Å²) >= 11 is 0. The minimum atomic E-state index is -1.03. The first-order valence-corrected chi connectivity index (χ1v) is 7.56. The topological polar surface area (TPSA) is 98.7 Å². The van der Waals surface area contributed by atoms with Crippen LogP contribution in [0, 0.1) is 0 Å². The molecule has 0 spiro atoms. The Kier molecular flexibility index (Phi) is 5.70. The molecule has 0 aliphatic carbocycles. The Morgan fingerprint density at radius 3 is 2.83 bits per heavy atom. The predicted molar refractivity (Wildman–Crippen MR) is 85.3 cm³/mol. The first kappa shape index (κ1) is 17.0. The van der Waals surface area contributed by atoms with Crippen molar-refractivity contribution in [3.63, 3.8) is 0 Å². The minimum Gasteiger partial charge on any atom is -0.478 e. The standard InChI is InChI=1S/C16H21N3O4/c1-11(20)17-14-6-3-7-19(9-14)10-15(21)18-13-5-2-4-12(8-13)16(22)23/h2,4-5,8,14H,3,6-7,9-10H2,1H3,(H,17,20)(H,18,21)(H,22,23)/t14-/m1/s1. The van der Waals surface area contributed by atoms with Crippen molar-refractivity contribution in [2.24, 2.45) is 0 Å². The van der Waals surface area contributed by atoms with Crippen LogP contribution >= 0.6 is 0 Å². The van der Waals surface area contributed by atoms with Gasteiger partial charge >= 0.3 is 5.97 Å². The highest BCUT2D eigenvalue weighted by Crippen LogP contribution is 2.12. The van der Waals surface area contributed by atoms with E-state index in [1.807, 2.05) is 4.90 Å². The van der Waals surface area contributed by atoms with Gasteiger partial charge in [0.2, 0.25) is 11.8 Å². The molecule has 124 valence electrons.